The highest BCUT2D eigenvalue weighted by molar-refractivity contribution is 5.88. The molecule has 0 saturated carbocycles. The fourth-order valence-corrected chi connectivity index (χ4v) is 1.66. The van der Waals surface area contributed by atoms with Gasteiger partial charge in [-0.2, -0.15) is 0 Å². The Bertz CT molecular complexity index is 422. The Labute approximate surface area is 92.2 Å². The predicted octanol–water partition coefficient (Wildman–Crippen LogP) is 0.611. The van der Waals surface area contributed by atoms with Crippen LogP contribution in [0, 0.1) is 0 Å². The van der Waals surface area contributed by atoms with E-state index in [0.29, 0.717) is 11.3 Å². The van der Waals surface area contributed by atoms with Gasteiger partial charge in [-0.05, 0) is 12.1 Å². The largest absolute Gasteiger partial charge is 0.496 e. The van der Waals surface area contributed by atoms with Gasteiger partial charge >= 0.3 is 5.97 Å². The van der Waals surface area contributed by atoms with Crippen LogP contribution >= 0.6 is 0 Å². The number of hydrogen-bond donors (Lipinski definition) is 2. The lowest BCUT2D eigenvalue weighted by atomic mass is 9.90. The van der Waals surface area contributed by atoms with Crippen molar-refractivity contribution in [2.75, 3.05) is 20.3 Å². The molecule has 2 N–H and O–H groups in total. The second-order valence-electron chi connectivity index (χ2n) is 3.74. The monoisotopic (exact) mass is 224 g/mol. The Hall–Kier alpha value is -1.59. The molecule has 1 aliphatic rings. The number of carbonyl (C=O) groups is 1. The number of carboxylic acid groups (broad SMARTS) is 1. The van der Waals surface area contributed by atoms with E-state index in [0.717, 1.165) is 0 Å². The average molecular weight is 224 g/mol. The highest BCUT2D eigenvalue weighted by atomic mass is 16.5. The van der Waals surface area contributed by atoms with Crippen molar-refractivity contribution in [1.82, 2.24) is 0 Å². The summed E-state index contributed by atoms with van der Waals surface area (Å²) >= 11 is 0. The van der Waals surface area contributed by atoms with Crippen molar-refractivity contribution in [3.8, 4) is 5.75 Å². The molecule has 16 heavy (non-hydrogen) atoms. The Kier molecular flexibility index (Phi) is 2.57. The molecule has 2 rings (SSSR count). The maximum Gasteiger partial charge on any atom is 0.335 e. The summed E-state index contributed by atoms with van der Waals surface area (Å²) < 4.78 is 10.0. The number of ether oxygens (including phenoxy) is 2. The maximum absolute atomic E-state index is 10.8. The van der Waals surface area contributed by atoms with E-state index in [-0.39, 0.29) is 18.8 Å². The second kappa shape index (κ2) is 3.77. The van der Waals surface area contributed by atoms with Crippen LogP contribution in [0.15, 0.2) is 18.2 Å². The summed E-state index contributed by atoms with van der Waals surface area (Å²) in [6.07, 6.45) is 0. The molecule has 0 unspecified atom stereocenters. The minimum Gasteiger partial charge on any atom is -0.496 e. The molecule has 0 aliphatic carbocycles. The van der Waals surface area contributed by atoms with E-state index < -0.39 is 11.6 Å². The molecule has 0 spiro atoms. The fourth-order valence-electron chi connectivity index (χ4n) is 1.66. The summed E-state index contributed by atoms with van der Waals surface area (Å²) in [6.45, 7) is 0.408. The molecular formula is C11H12O5. The maximum atomic E-state index is 10.8. The highest BCUT2D eigenvalue weighted by Gasteiger charge is 2.40. The Morgan fingerprint density at radius 2 is 2.19 bits per heavy atom. The lowest BCUT2D eigenvalue weighted by Crippen LogP contribution is -2.46. The average Bonchev–Trinajstić information content (AvgIpc) is 2.25. The van der Waals surface area contributed by atoms with E-state index in [9.17, 15) is 9.90 Å². The molecule has 0 aromatic heterocycles. The van der Waals surface area contributed by atoms with Crippen LogP contribution in [0.25, 0.3) is 0 Å². The van der Waals surface area contributed by atoms with Crippen LogP contribution in [0.2, 0.25) is 0 Å². The summed E-state index contributed by atoms with van der Waals surface area (Å²) in [5, 5.41) is 18.9. The second-order valence-corrected chi connectivity index (χ2v) is 3.74. The van der Waals surface area contributed by atoms with Crippen LogP contribution in [-0.2, 0) is 10.3 Å². The van der Waals surface area contributed by atoms with Crippen LogP contribution in [-0.4, -0.2) is 36.5 Å². The molecular weight excluding hydrogens is 212 g/mol. The Balaban J connectivity index is 2.42. The molecule has 5 nitrogen and oxygen atoms in total. The van der Waals surface area contributed by atoms with E-state index in [1.807, 2.05) is 0 Å². The van der Waals surface area contributed by atoms with Crippen LogP contribution in [0.3, 0.4) is 0 Å². The molecule has 0 atom stereocenters. The molecule has 5 heteroatoms. The molecule has 86 valence electrons. The quantitative estimate of drug-likeness (QED) is 0.786. The molecule has 0 amide bonds. The van der Waals surface area contributed by atoms with E-state index in [1.54, 1.807) is 6.07 Å². The van der Waals surface area contributed by atoms with Crippen LogP contribution in [0.4, 0.5) is 0 Å². The third kappa shape index (κ3) is 1.64. The van der Waals surface area contributed by atoms with Gasteiger partial charge in [0.15, 0.2) is 0 Å². The minimum absolute atomic E-state index is 0.129. The molecule has 1 aromatic carbocycles. The van der Waals surface area contributed by atoms with E-state index in [2.05, 4.69) is 0 Å². The third-order valence-corrected chi connectivity index (χ3v) is 2.63. The summed E-state index contributed by atoms with van der Waals surface area (Å²) in [5.41, 5.74) is -0.363. The smallest absolute Gasteiger partial charge is 0.335 e. The van der Waals surface area contributed by atoms with Crippen molar-refractivity contribution in [3.05, 3.63) is 29.3 Å². The fraction of sp³-hybridized carbons (Fsp3) is 0.364. The van der Waals surface area contributed by atoms with Gasteiger partial charge in [0.2, 0.25) is 0 Å². The first kappa shape index (κ1) is 10.9. The highest BCUT2D eigenvalue weighted by Crippen LogP contribution is 2.36. The minimum atomic E-state index is -1.05. The molecule has 1 heterocycles. The number of rotatable bonds is 3. The lowest BCUT2D eigenvalue weighted by Gasteiger charge is -2.37. The first-order valence-corrected chi connectivity index (χ1v) is 4.79. The van der Waals surface area contributed by atoms with Gasteiger partial charge < -0.3 is 19.7 Å². The summed E-state index contributed by atoms with van der Waals surface area (Å²) in [4.78, 5) is 10.8. The lowest BCUT2D eigenvalue weighted by molar-refractivity contribution is -0.185. The van der Waals surface area contributed by atoms with Gasteiger partial charge in [0, 0.05) is 5.56 Å². The Morgan fingerprint density at radius 1 is 1.50 bits per heavy atom. The van der Waals surface area contributed by atoms with Crippen LogP contribution < -0.4 is 4.74 Å². The predicted molar refractivity (Wildman–Crippen MR) is 54.7 cm³/mol. The number of hydrogen-bond acceptors (Lipinski definition) is 4. The van der Waals surface area contributed by atoms with E-state index in [4.69, 9.17) is 14.6 Å². The standard InChI is InChI=1S/C11H12O5/c1-15-9-4-7(10(12)13)2-3-8(9)11(14)5-16-6-11/h2-4,14H,5-6H2,1H3,(H,12,13). The van der Waals surface area contributed by atoms with Crippen molar-refractivity contribution in [3.63, 3.8) is 0 Å². The molecule has 0 bridgehead atoms. The van der Waals surface area contributed by atoms with Crippen molar-refractivity contribution in [1.29, 1.82) is 0 Å². The van der Waals surface area contributed by atoms with Crippen molar-refractivity contribution in [2.45, 2.75) is 5.60 Å². The zero-order chi connectivity index (χ0) is 11.8. The van der Waals surface area contributed by atoms with Crippen molar-refractivity contribution < 1.29 is 24.5 Å². The summed E-state index contributed by atoms with van der Waals surface area (Å²) in [5.74, 6) is -0.660. The molecule has 1 fully saturated rings. The van der Waals surface area contributed by atoms with Gasteiger partial charge in [0.05, 0.1) is 25.9 Å². The number of methoxy groups -OCH3 is 1. The molecule has 1 aliphatic heterocycles. The van der Waals surface area contributed by atoms with Gasteiger partial charge in [-0.3, -0.25) is 0 Å². The normalized spacial score (nSPS) is 17.6. The number of aliphatic hydroxyl groups is 1. The first-order valence-electron chi connectivity index (χ1n) is 4.79. The van der Waals surface area contributed by atoms with Gasteiger partial charge in [-0.15, -0.1) is 0 Å². The molecule has 0 radical (unpaired) electrons. The van der Waals surface area contributed by atoms with Gasteiger partial charge in [-0.1, -0.05) is 6.07 Å². The number of carboxylic acids is 1. The molecule has 1 aromatic rings. The SMILES string of the molecule is COc1cc(C(=O)O)ccc1C1(O)COC1. The van der Waals surface area contributed by atoms with Gasteiger partial charge in [0.25, 0.3) is 0 Å². The van der Waals surface area contributed by atoms with Crippen LogP contribution in [0.1, 0.15) is 15.9 Å². The van der Waals surface area contributed by atoms with Crippen molar-refractivity contribution in [2.24, 2.45) is 0 Å². The third-order valence-electron chi connectivity index (χ3n) is 2.63. The number of aromatic carboxylic acids is 1. The molecule has 1 saturated heterocycles. The van der Waals surface area contributed by atoms with E-state index >= 15 is 0 Å². The van der Waals surface area contributed by atoms with Crippen LogP contribution in [0.5, 0.6) is 5.75 Å². The Morgan fingerprint density at radius 3 is 2.62 bits per heavy atom. The van der Waals surface area contributed by atoms with Gasteiger partial charge in [0.1, 0.15) is 11.4 Å². The van der Waals surface area contributed by atoms with E-state index in [1.165, 1.54) is 19.2 Å². The summed E-state index contributed by atoms with van der Waals surface area (Å²) in [7, 11) is 1.44. The summed E-state index contributed by atoms with van der Waals surface area (Å²) in [6, 6.07) is 4.40. The zero-order valence-electron chi connectivity index (χ0n) is 8.77. The zero-order valence-corrected chi connectivity index (χ0v) is 8.77. The van der Waals surface area contributed by atoms with Crippen molar-refractivity contribution >= 4 is 5.97 Å². The first-order chi connectivity index (χ1) is 7.57. The topological polar surface area (TPSA) is 76.0 Å². The van der Waals surface area contributed by atoms with Gasteiger partial charge in [-0.25, -0.2) is 4.79 Å². The number of benzene rings is 1.